The third-order valence-corrected chi connectivity index (χ3v) is 4.23. The average molecular weight is 385 g/mol. The van der Waals surface area contributed by atoms with Crippen molar-refractivity contribution in [3.63, 3.8) is 0 Å². The van der Waals surface area contributed by atoms with Gasteiger partial charge in [0.05, 0.1) is 12.8 Å². The summed E-state index contributed by atoms with van der Waals surface area (Å²) in [5.41, 5.74) is 2.40. The molecule has 2 heterocycles. The number of nitrogens with zero attached hydrogens (tertiary/aromatic N) is 2. The number of hydrogen-bond acceptors (Lipinski definition) is 5. The number of pyridine rings is 1. The third-order valence-electron chi connectivity index (χ3n) is 3.96. The van der Waals surface area contributed by atoms with Gasteiger partial charge < -0.3 is 9.47 Å². The maximum Gasteiger partial charge on any atom is 0.331 e. The van der Waals surface area contributed by atoms with Crippen molar-refractivity contribution < 1.29 is 19.1 Å². The molecule has 3 rings (SSSR count). The summed E-state index contributed by atoms with van der Waals surface area (Å²) in [7, 11) is 1.51. The van der Waals surface area contributed by atoms with Crippen molar-refractivity contribution in [1.82, 2.24) is 9.38 Å². The summed E-state index contributed by atoms with van der Waals surface area (Å²) in [5.74, 6) is -0.0822. The first-order valence-electron chi connectivity index (χ1n) is 8.15. The molecule has 0 aliphatic heterocycles. The largest absolute Gasteiger partial charge is 0.496 e. The van der Waals surface area contributed by atoms with E-state index in [1.165, 1.54) is 20.1 Å². The van der Waals surface area contributed by atoms with Gasteiger partial charge in [-0.05, 0) is 43.3 Å². The number of ether oxygens (including phenoxy) is 2. The van der Waals surface area contributed by atoms with Crippen molar-refractivity contribution in [2.75, 3.05) is 7.11 Å². The Balaban J connectivity index is 1.73. The molecule has 6 nitrogen and oxygen atoms in total. The molecule has 138 valence electrons. The van der Waals surface area contributed by atoms with E-state index >= 15 is 0 Å². The molecule has 2 aromatic heterocycles. The minimum absolute atomic E-state index is 0.0195. The normalized spacial score (nSPS) is 11.1. The average Bonchev–Trinajstić information content (AvgIpc) is 2.99. The van der Waals surface area contributed by atoms with Gasteiger partial charge in [0.15, 0.2) is 10.9 Å². The summed E-state index contributed by atoms with van der Waals surface area (Å²) in [6.45, 7) is 1.45. The van der Waals surface area contributed by atoms with E-state index in [2.05, 4.69) is 4.98 Å². The topological polar surface area (TPSA) is 69.9 Å². The molecular weight excluding hydrogens is 368 g/mol. The van der Waals surface area contributed by atoms with E-state index in [0.717, 1.165) is 0 Å². The standard InChI is InChI=1S/C20H17ClN2O4/c1-13(24)14-6-8-17(26-2)15(11-14)12-27-19(25)9-7-16-20(21)22-18-5-3-4-10-23(16)18/h3-11H,12H2,1-2H3/b9-7+. The minimum Gasteiger partial charge on any atom is -0.496 e. The van der Waals surface area contributed by atoms with E-state index in [0.29, 0.717) is 33.4 Å². The van der Waals surface area contributed by atoms with Gasteiger partial charge in [-0.3, -0.25) is 9.20 Å². The number of methoxy groups -OCH3 is 1. The second kappa shape index (κ2) is 8.05. The van der Waals surface area contributed by atoms with Crippen LogP contribution in [0.4, 0.5) is 0 Å². The van der Waals surface area contributed by atoms with E-state index in [1.807, 2.05) is 18.2 Å². The molecule has 0 amide bonds. The number of aromatic nitrogens is 2. The predicted molar refractivity (Wildman–Crippen MR) is 102 cm³/mol. The van der Waals surface area contributed by atoms with Gasteiger partial charge in [-0.25, -0.2) is 9.78 Å². The fourth-order valence-electron chi connectivity index (χ4n) is 2.59. The Bertz CT molecular complexity index is 1040. The number of esters is 1. The zero-order chi connectivity index (χ0) is 19.4. The smallest absolute Gasteiger partial charge is 0.331 e. The second-order valence-corrected chi connectivity index (χ2v) is 6.10. The highest BCUT2D eigenvalue weighted by Crippen LogP contribution is 2.22. The van der Waals surface area contributed by atoms with E-state index in [-0.39, 0.29) is 12.4 Å². The molecule has 0 unspecified atom stereocenters. The molecule has 27 heavy (non-hydrogen) atoms. The van der Waals surface area contributed by atoms with Crippen LogP contribution in [0, 0.1) is 0 Å². The Hall–Kier alpha value is -3.12. The summed E-state index contributed by atoms with van der Waals surface area (Å²) < 4.78 is 12.3. The van der Waals surface area contributed by atoms with Crippen molar-refractivity contribution in [3.8, 4) is 5.75 Å². The van der Waals surface area contributed by atoms with Gasteiger partial charge in [0.2, 0.25) is 0 Å². The monoisotopic (exact) mass is 384 g/mol. The van der Waals surface area contributed by atoms with E-state index < -0.39 is 5.97 Å². The Labute approximate surface area is 161 Å². The van der Waals surface area contributed by atoms with Gasteiger partial charge in [0.25, 0.3) is 0 Å². The maximum atomic E-state index is 12.1. The van der Waals surface area contributed by atoms with Crippen LogP contribution >= 0.6 is 11.6 Å². The van der Waals surface area contributed by atoms with Crippen molar-refractivity contribution in [3.05, 3.63) is 70.6 Å². The molecule has 0 N–H and O–H groups in total. The van der Waals surface area contributed by atoms with Crippen LogP contribution in [0.1, 0.15) is 28.5 Å². The molecule has 0 atom stereocenters. The fraction of sp³-hybridized carbons (Fsp3) is 0.150. The lowest BCUT2D eigenvalue weighted by atomic mass is 10.1. The first-order chi connectivity index (χ1) is 13.0. The molecule has 0 aliphatic carbocycles. The molecule has 7 heteroatoms. The number of hydrogen-bond donors (Lipinski definition) is 0. The Morgan fingerprint density at radius 1 is 1.26 bits per heavy atom. The number of benzene rings is 1. The first-order valence-corrected chi connectivity index (χ1v) is 8.52. The van der Waals surface area contributed by atoms with E-state index in [1.54, 1.807) is 34.9 Å². The highest BCUT2D eigenvalue weighted by atomic mass is 35.5. The van der Waals surface area contributed by atoms with Crippen molar-refractivity contribution in [2.45, 2.75) is 13.5 Å². The molecule has 0 saturated carbocycles. The van der Waals surface area contributed by atoms with Crippen molar-refractivity contribution in [1.29, 1.82) is 0 Å². The first kappa shape index (κ1) is 18.7. The summed E-state index contributed by atoms with van der Waals surface area (Å²) in [5, 5.41) is 0.293. The number of rotatable bonds is 6. The summed E-state index contributed by atoms with van der Waals surface area (Å²) in [6.07, 6.45) is 4.63. The van der Waals surface area contributed by atoms with E-state index in [9.17, 15) is 9.59 Å². The van der Waals surface area contributed by atoms with Gasteiger partial charge in [0.1, 0.15) is 18.0 Å². The molecule has 0 saturated heterocycles. The molecule has 0 bridgehead atoms. The van der Waals surface area contributed by atoms with Crippen molar-refractivity contribution in [2.24, 2.45) is 0 Å². The van der Waals surface area contributed by atoms with Crippen LogP contribution in [-0.4, -0.2) is 28.2 Å². The number of imidazole rings is 1. The van der Waals surface area contributed by atoms with Gasteiger partial charge in [-0.2, -0.15) is 0 Å². The minimum atomic E-state index is -0.549. The Morgan fingerprint density at radius 2 is 2.07 bits per heavy atom. The van der Waals surface area contributed by atoms with Crippen LogP contribution in [0.5, 0.6) is 5.75 Å². The van der Waals surface area contributed by atoms with Gasteiger partial charge in [0, 0.05) is 23.4 Å². The summed E-state index contributed by atoms with van der Waals surface area (Å²) >= 11 is 6.13. The quantitative estimate of drug-likeness (QED) is 0.365. The van der Waals surface area contributed by atoms with Crippen molar-refractivity contribution >= 4 is 35.1 Å². The molecule has 0 radical (unpaired) electrons. The van der Waals surface area contributed by atoms with Crippen LogP contribution < -0.4 is 4.74 Å². The Kier molecular flexibility index (Phi) is 5.57. The number of halogens is 1. The molecule has 0 aliphatic rings. The molecule has 3 aromatic rings. The van der Waals surface area contributed by atoms with Crippen LogP contribution in [0.15, 0.2) is 48.7 Å². The molecular formula is C20H17ClN2O4. The third kappa shape index (κ3) is 4.17. The fourth-order valence-corrected chi connectivity index (χ4v) is 2.83. The maximum absolute atomic E-state index is 12.1. The molecule has 1 aromatic carbocycles. The number of fused-ring (bicyclic) bond motifs is 1. The Morgan fingerprint density at radius 3 is 2.81 bits per heavy atom. The molecule has 0 spiro atoms. The lowest BCUT2D eigenvalue weighted by Gasteiger charge is -2.09. The number of Topliss-reactive ketones (excluding diaryl/α,β-unsaturated/α-hetero) is 1. The lowest BCUT2D eigenvalue weighted by Crippen LogP contribution is -2.04. The zero-order valence-electron chi connectivity index (χ0n) is 14.8. The highest BCUT2D eigenvalue weighted by Gasteiger charge is 2.10. The van der Waals surface area contributed by atoms with Gasteiger partial charge in [-0.15, -0.1) is 0 Å². The predicted octanol–water partition coefficient (Wildman–Crippen LogP) is 3.96. The number of carbonyl (C=O) groups excluding carboxylic acids is 2. The molecule has 0 fully saturated rings. The SMILES string of the molecule is COc1ccc(C(C)=O)cc1COC(=O)/C=C/c1c(Cl)nc2ccccn12. The highest BCUT2D eigenvalue weighted by molar-refractivity contribution is 6.31. The van der Waals surface area contributed by atoms with E-state index in [4.69, 9.17) is 21.1 Å². The summed E-state index contributed by atoms with van der Waals surface area (Å²) in [6, 6.07) is 10.5. The number of ketones is 1. The summed E-state index contributed by atoms with van der Waals surface area (Å²) in [4.78, 5) is 27.8. The second-order valence-electron chi connectivity index (χ2n) is 5.74. The number of carbonyl (C=O) groups is 2. The zero-order valence-corrected chi connectivity index (χ0v) is 15.6. The van der Waals surface area contributed by atoms with Crippen LogP contribution in [0.3, 0.4) is 0 Å². The van der Waals surface area contributed by atoms with Crippen LogP contribution in [0.25, 0.3) is 11.7 Å². The van der Waals surface area contributed by atoms with Crippen LogP contribution in [0.2, 0.25) is 5.15 Å². The lowest BCUT2D eigenvalue weighted by molar-refractivity contribution is -0.138. The van der Waals surface area contributed by atoms with Crippen LogP contribution in [-0.2, 0) is 16.1 Å². The van der Waals surface area contributed by atoms with Gasteiger partial charge in [-0.1, -0.05) is 17.7 Å². The van der Waals surface area contributed by atoms with Gasteiger partial charge >= 0.3 is 5.97 Å².